The van der Waals surface area contributed by atoms with E-state index in [2.05, 4.69) is 0 Å². The highest BCUT2D eigenvalue weighted by Gasteiger charge is 2.26. The molecule has 0 fully saturated rings. The van der Waals surface area contributed by atoms with Crippen LogP contribution in [0.4, 0.5) is 5.69 Å². The predicted octanol–water partition coefficient (Wildman–Crippen LogP) is 5.26. The zero-order valence-electron chi connectivity index (χ0n) is 17.8. The van der Waals surface area contributed by atoms with Crippen LogP contribution in [0, 0.1) is 6.92 Å². The first-order valence-electron chi connectivity index (χ1n) is 10.6. The van der Waals surface area contributed by atoms with Crippen molar-refractivity contribution in [1.29, 1.82) is 0 Å². The number of hydrogen-bond acceptors (Lipinski definition) is 4. The molecule has 1 unspecified atom stereocenters. The lowest BCUT2D eigenvalue weighted by Gasteiger charge is -2.30. The van der Waals surface area contributed by atoms with Gasteiger partial charge in [0.15, 0.2) is 0 Å². The fraction of sp³-hybridized carbons (Fsp3) is 0.111. The molecule has 1 aromatic heterocycles. The lowest BCUT2D eigenvalue weighted by molar-refractivity contribution is 0.0569. The maximum atomic E-state index is 13.9. The Hall–Kier alpha value is -3.96. The number of para-hydroxylation sites is 2. The first kappa shape index (κ1) is 20.0. The second-order valence-electron chi connectivity index (χ2n) is 7.63. The van der Waals surface area contributed by atoms with E-state index in [1.54, 1.807) is 4.57 Å². The van der Waals surface area contributed by atoms with E-state index in [0.717, 1.165) is 16.9 Å². The molecule has 5 heteroatoms. The number of benzene rings is 3. The van der Waals surface area contributed by atoms with Crippen LogP contribution in [0.25, 0.3) is 17.1 Å². The van der Waals surface area contributed by atoms with Crippen molar-refractivity contribution in [3.63, 3.8) is 0 Å². The molecule has 1 aliphatic rings. The molecule has 0 saturated carbocycles. The number of aryl methyl sites for hydroxylation is 1. The number of nitrogens with zero attached hydrogens (tertiary/aromatic N) is 3. The SMILES string of the molecule is Cc1nc(-c2ccccc2)n(-c2ccccc2)c(=O)c1C1C=CCN(c2ccccc2)O1. The van der Waals surface area contributed by atoms with Crippen LogP contribution in [0.1, 0.15) is 17.4 Å². The van der Waals surface area contributed by atoms with Gasteiger partial charge in [-0.2, -0.15) is 0 Å². The molecule has 0 saturated heterocycles. The molecule has 0 spiro atoms. The molecule has 3 aromatic carbocycles. The van der Waals surface area contributed by atoms with Gasteiger partial charge in [0.1, 0.15) is 11.9 Å². The van der Waals surface area contributed by atoms with Crippen LogP contribution in [-0.4, -0.2) is 16.1 Å². The van der Waals surface area contributed by atoms with Crippen molar-refractivity contribution < 1.29 is 4.84 Å². The van der Waals surface area contributed by atoms with Gasteiger partial charge in [-0.25, -0.2) is 10.0 Å². The minimum Gasteiger partial charge on any atom is -0.268 e. The Kier molecular flexibility index (Phi) is 5.40. The minimum absolute atomic E-state index is 0.132. The smallest absolute Gasteiger partial charge is 0.264 e. The second-order valence-corrected chi connectivity index (χ2v) is 7.63. The van der Waals surface area contributed by atoms with E-state index < -0.39 is 6.10 Å². The Morgan fingerprint density at radius 3 is 2.09 bits per heavy atom. The average Bonchev–Trinajstić information content (AvgIpc) is 2.85. The molecule has 0 bridgehead atoms. The molecule has 158 valence electrons. The molecular weight excluding hydrogens is 398 g/mol. The van der Waals surface area contributed by atoms with Crippen LogP contribution < -0.4 is 10.6 Å². The molecule has 1 atom stereocenters. The predicted molar refractivity (Wildman–Crippen MR) is 127 cm³/mol. The molecule has 0 amide bonds. The first-order valence-corrected chi connectivity index (χ1v) is 10.6. The fourth-order valence-electron chi connectivity index (χ4n) is 3.97. The highest BCUT2D eigenvalue weighted by atomic mass is 16.7. The summed E-state index contributed by atoms with van der Waals surface area (Å²) in [5, 5.41) is 1.81. The van der Waals surface area contributed by atoms with Gasteiger partial charge in [0.25, 0.3) is 5.56 Å². The van der Waals surface area contributed by atoms with Gasteiger partial charge in [-0.05, 0) is 31.2 Å². The van der Waals surface area contributed by atoms with Crippen molar-refractivity contribution >= 4 is 5.69 Å². The van der Waals surface area contributed by atoms with E-state index in [4.69, 9.17) is 9.82 Å². The van der Waals surface area contributed by atoms with Crippen molar-refractivity contribution in [2.24, 2.45) is 0 Å². The Labute approximate surface area is 186 Å². The monoisotopic (exact) mass is 421 g/mol. The van der Waals surface area contributed by atoms with Crippen molar-refractivity contribution in [3.8, 4) is 17.1 Å². The van der Waals surface area contributed by atoms with E-state index in [1.807, 2.05) is 115 Å². The van der Waals surface area contributed by atoms with Gasteiger partial charge >= 0.3 is 0 Å². The number of rotatable bonds is 4. The summed E-state index contributed by atoms with van der Waals surface area (Å²) < 4.78 is 1.68. The quantitative estimate of drug-likeness (QED) is 0.422. The summed E-state index contributed by atoms with van der Waals surface area (Å²) in [7, 11) is 0. The molecule has 2 heterocycles. The van der Waals surface area contributed by atoms with Gasteiger partial charge in [0, 0.05) is 5.56 Å². The molecule has 0 aliphatic carbocycles. The third kappa shape index (κ3) is 3.74. The molecule has 5 nitrogen and oxygen atoms in total. The van der Waals surface area contributed by atoms with Crippen LogP contribution in [0.3, 0.4) is 0 Å². The third-order valence-electron chi connectivity index (χ3n) is 5.51. The summed E-state index contributed by atoms with van der Waals surface area (Å²) in [6.45, 7) is 2.49. The number of anilines is 1. The Balaban J connectivity index is 1.65. The highest BCUT2D eigenvalue weighted by molar-refractivity contribution is 5.59. The number of hydroxylamine groups is 1. The maximum absolute atomic E-state index is 13.9. The van der Waals surface area contributed by atoms with Crippen LogP contribution in [0.2, 0.25) is 0 Å². The fourth-order valence-corrected chi connectivity index (χ4v) is 3.97. The Morgan fingerprint density at radius 1 is 0.844 bits per heavy atom. The summed E-state index contributed by atoms with van der Waals surface area (Å²) in [6, 6.07) is 29.3. The van der Waals surface area contributed by atoms with E-state index in [1.165, 1.54) is 0 Å². The van der Waals surface area contributed by atoms with E-state index in [0.29, 0.717) is 23.6 Å². The number of hydrogen-bond donors (Lipinski definition) is 0. The van der Waals surface area contributed by atoms with Crippen LogP contribution in [0.15, 0.2) is 108 Å². The second kappa shape index (κ2) is 8.65. The molecule has 1 aliphatic heterocycles. The molecule has 5 rings (SSSR count). The van der Waals surface area contributed by atoms with E-state index in [-0.39, 0.29) is 5.56 Å². The maximum Gasteiger partial charge on any atom is 0.264 e. The van der Waals surface area contributed by atoms with Gasteiger partial charge in [-0.1, -0.05) is 78.9 Å². The summed E-state index contributed by atoms with van der Waals surface area (Å²) >= 11 is 0. The molecule has 0 radical (unpaired) electrons. The third-order valence-corrected chi connectivity index (χ3v) is 5.51. The summed E-state index contributed by atoms with van der Waals surface area (Å²) in [6.07, 6.45) is 3.43. The van der Waals surface area contributed by atoms with Gasteiger partial charge in [0.05, 0.1) is 29.2 Å². The number of aromatic nitrogens is 2. The van der Waals surface area contributed by atoms with Gasteiger partial charge in [0.2, 0.25) is 0 Å². The molecule has 0 N–H and O–H groups in total. The average molecular weight is 422 g/mol. The summed E-state index contributed by atoms with van der Waals surface area (Å²) in [5.74, 6) is 0.614. The minimum atomic E-state index is -0.524. The van der Waals surface area contributed by atoms with Crippen molar-refractivity contribution in [3.05, 3.63) is 125 Å². The summed E-state index contributed by atoms with van der Waals surface area (Å²) in [4.78, 5) is 25.1. The van der Waals surface area contributed by atoms with Crippen molar-refractivity contribution in [2.45, 2.75) is 13.0 Å². The lowest BCUT2D eigenvalue weighted by Crippen LogP contribution is -2.34. The van der Waals surface area contributed by atoms with Crippen LogP contribution in [0.5, 0.6) is 0 Å². The molecular formula is C27H23N3O2. The van der Waals surface area contributed by atoms with Crippen molar-refractivity contribution in [2.75, 3.05) is 11.6 Å². The van der Waals surface area contributed by atoms with Crippen molar-refractivity contribution in [1.82, 2.24) is 9.55 Å². The topological polar surface area (TPSA) is 47.4 Å². The zero-order valence-corrected chi connectivity index (χ0v) is 17.8. The van der Waals surface area contributed by atoms with Gasteiger partial charge < -0.3 is 0 Å². The molecule has 4 aromatic rings. The zero-order chi connectivity index (χ0) is 21.9. The first-order chi connectivity index (χ1) is 15.7. The Morgan fingerprint density at radius 2 is 1.44 bits per heavy atom. The highest BCUT2D eigenvalue weighted by Crippen LogP contribution is 2.29. The normalized spacial score (nSPS) is 15.7. The van der Waals surface area contributed by atoms with E-state index >= 15 is 0 Å². The van der Waals surface area contributed by atoms with E-state index in [9.17, 15) is 4.79 Å². The largest absolute Gasteiger partial charge is 0.268 e. The van der Waals surface area contributed by atoms with Crippen LogP contribution >= 0.6 is 0 Å². The van der Waals surface area contributed by atoms with Gasteiger partial charge in [-0.15, -0.1) is 0 Å². The lowest BCUT2D eigenvalue weighted by atomic mass is 10.1. The van der Waals surface area contributed by atoms with Crippen LogP contribution in [-0.2, 0) is 4.84 Å². The summed E-state index contributed by atoms with van der Waals surface area (Å²) in [5.41, 5.74) is 3.65. The Bertz CT molecular complexity index is 1300. The molecule has 32 heavy (non-hydrogen) atoms. The van der Waals surface area contributed by atoms with Gasteiger partial charge in [-0.3, -0.25) is 14.2 Å². The standard InChI is InChI=1S/C27H23N3O2/c1-20-25(24-18-11-19-29(32-24)22-14-7-3-8-15-22)27(31)30(23-16-9-4-10-17-23)26(28-20)21-12-5-2-6-13-21/h2-18,24H,19H2,1H3.